The van der Waals surface area contributed by atoms with Crippen LogP contribution in [0.25, 0.3) is 0 Å². The van der Waals surface area contributed by atoms with Crippen molar-refractivity contribution in [1.29, 1.82) is 0 Å². The van der Waals surface area contributed by atoms with Gasteiger partial charge in [0.05, 0.1) is 17.9 Å². The van der Waals surface area contributed by atoms with E-state index in [4.69, 9.17) is 9.94 Å². The number of ether oxygens (including phenoxy) is 1. The molecule has 3 fully saturated rings. The van der Waals surface area contributed by atoms with E-state index in [9.17, 15) is 0 Å². The quantitative estimate of drug-likeness (QED) is 0.562. The standard InChI is InChI=1S/C12H20N2O2/c15-14-12-9-4-3-8(6-9)11(12)13-7-10-2-1-5-16-10/h8-11,13,15H,1-7H2/b14-12-. The van der Waals surface area contributed by atoms with Crippen molar-refractivity contribution in [3.8, 4) is 0 Å². The number of fused-ring (bicyclic) bond motifs is 2. The first-order chi connectivity index (χ1) is 7.88. The Hall–Kier alpha value is -0.610. The van der Waals surface area contributed by atoms with Crippen molar-refractivity contribution in [2.75, 3.05) is 13.2 Å². The molecule has 0 aromatic rings. The Morgan fingerprint density at radius 3 is 3.06 bits per heavy atom. The summed E-state index contributed by atoms with van der Waals surface area (Å²) in [6.45, 7) is 1.82. The van der Waals surface area contributed by atoms with E-state index in [1.807, 2.05) is 0 Å². The average molecular weight is 224 g/mol. The molecule has 1 saturated heterocycles. The number of nitrogens with zero attached hydrogens (tertiary/aromatic N) is 1. The van der Waals surface area contributed by atoms with E-state index in [0.29, 0.717) is 24.0 Å². The van der Waals surface area contributed by atoms with Crippen LogP contribution in [0, 0.1) is 11.8 Å². The van der Waals surface area contributed by atoms with Crippen LogP contribution in [-0.2, 0) is 4.74 Å². The normalized spacial score (nSPS) is 44.6. The molecule has 16 heavy (non-hydrogen) atoms. The predicted molar refractivity (Wildman–Crippen MR) is 60.8 cm³/mol. The Bertz CT molecular complexity index is 287. The summed E-state index contributed by atoms with van der Waals surface area (Å²) in [5, 5.41) is 16.1. The first-order valence-electron chi connectivity index (χ1n) is 6.45. The van der Waals surface area contributed by atoms with Gasteiger partial charge in [0, 0.05) is 19.1 Å². The summed E-state index contributed by atoms with van der Waals surface area (Å²) in [4.78, 5) is 0. The number of nitrogens with one attached hydrogen (secondary N) is 1. The van der Waals surface area contributed by atoms with Crippen molar-refractivity contribution in [3.05, 3.63) is 0 Å². The van der Waals surface area contributed by atoms with Crippen LogP contribution < -0.4 is 5.32 Å². The first-order valence-corrected chi connectivity index (χ1v) is 6.45. The molecule has 0 amide bonds. The summed E-state index contributed by atoms with van der Waals surface area (Å²) in [6, 6.07) is 0.313. The molecular formula is C12H20N2O2. The fraction of sp³-hybridized carbons (Fsp3) is 0.917. The van der Waals surface area contributed by atoms with Crippen LogP contribution in [0.5, 0.6) is 0 Å². The topological polar surface area (TPSA) is 53.9 Å². The minimum Gasteiger partial charge on any atom is -0.411 e. The van der Waals surface area contributed by atoms with E-state index in [1.165, 1.54) is 32.1 Å². The molecule has 3 aliphatic rings. The summed E-state index contributed by atoms with van der Waals surface area (Å²) >= 11 is 0. The van der Waals surface area contributed by atoms with Crippen molar-refractivity contribution in [2.45, 2.75) is 44.2 Å². The second kappa shape index (κ2) is 4.34. The van der Waals surface area contributed by atoms with E-state index in [1.54, 1.807) is 0 Å². The molecule has 0 aromatic carbocycles. The van der Waals surface area contributed by atoms with Gasteiger partial charge in [-0.05, 0) is 38.0 Å². The third-order valence-electron chi connectivity index (χ3n) is 4.39. The van der Waals surface area contributed by atoms with Gasteiger partial charge >= 0.3 is 0 Å². The van der Waals surface area contributed by atoms with Gasteiger partial charge in [-0.1, -0.05) is 5.16 Å². The van der Waals surface area contributed by atoms with Crippen LogP contribution in [0.4, 0.5) is 0 Å². The van der Waals surface area contributed by atoms with Gasteiger partial charge in [0.2, 0.25) is 0 Å². The fourth-order valence-electron chi connectivity index (χ4n) is 3.56. The molecule has 2 aliphatic carbocycles. The summed E-state index contributed by atoms with van der Waals surface area (Å²) in [6.07, 6.45) is 6.43. The van der Waals surface area contributed by atoms with Gasteiger partial charge in [0.15, 0.2) is 0 Å². The molecule has 90 valence electrons. The number of hydrogen-bond acceptors (Lipinski definition) is 4. The van der Waals surface area contributed by atoms with Crippen LogP contribution in [0.1, 0.15) is 32.1 Å². The molecule has 4 atom stereocenters. The molecule has 4 unspecified atom stereocenters. The molecule has 4 nitrogen and oxygen atoms in total. The van der Waals surface area contributed by atoms with E-state index in [2.05, 4.69) is 10.5 Å². The van der Waals surface area contributed by atoms with Crippen LogP contribution in [0.3, 0.4) is 0 Å². The molecule has 0 radical (unpaired) electrons. The number of oxime groups is 1. The first kappa shape index (κ1) is 10.5. The van der Waals surface area contributed by atoms with Crippen molar-refractivity contribution in [2.24, 2.45) is 17.0 Å². The highest BCUT2D eigenvalue weighted by Crippen LogP contribution is 2.42. The van der Waals surface area contributed by atoms with E-state index < -0.39 is 0 Å². The molecule has 0 aromatic heterocycles. The Balaban J connectivity index is 1.57. The largest absolute Gasteiger partial charge is 0.411 e. The van der Waals surface area contributed by atoms with Crippen molar-refractivity contribution < 1.29 is 9.94 Å². The Morgan fingerprint density at radius 1 is 1.38 bits per heavy atom. The molecule has 2 N–H and O–H groups in total. The van der Waals surface area contributed by atoms with Crippen molar-refractivity contribution in [3.63, 3.8) is 0 Å². The van der Waals surface area contributed by atoms with Crippen LogP contribution >= 0.6 is 0 Å². The Morgan fingerprint density at radius 2 is 2.31 bits per heavy atom. The summed E-state index contributed by atoms with van der Waals surface area (Å²) < 4.78 is 5.60. The maximum atomic E-state index is 9.07. The SMILES string of the molecule is O/N=C1/C2CCC(C2)C1NCC1CCCO1. The smallest absolute Gasteiger partial charge is 0.0773 e. The molecule has 4 heteroatoms. The number of hydrogen-bond donors (Lipinski definition) is 2. The second-order valence-electron chi connectivity index (χ2n) is 5.32. The lowest BCUT2D eigenvalue weighted by Crippen LogP contribution is -2.44. The minimum atomic E-state index is 0.313. The van der Waals surface area contributed by atoms with Gasteiger partial charge < -0.3 is 15.3 Å². The Labute approximate surface area is 96.0 Å². The monoisotopic (exact) mass is 224 g/mol. The zero-order valence-electron chi connectivity index (χ0n) is 9.56. The molecule has 3 rings (SSSR count). The maximum Gasteiger partial charge on any atom is 0.0773 e. The van der Waals surface area contributed by atoms with Gasteiger partial charge in [0.1, 0.15) is 0 Å². The van der Waals surface area contributed by atoms with Crippen LogP contribution in [-0.4, -0.2) is 36.2 Å². The molecule has 1 aliphatic heterocycles. The zero-order chi connectivity index (χ0) is 11.0. The maximum absolute atomic E-state index is 9.07. The van der Waals surface area contributed by atoms with Gasteiger partial charge in [-0.25, -0.2) is 0 Å². The highest BCUT2D eigenvalue weighted by molar-refractivity contribution is 5.94. The minimum absolute atomic E-state index is 0.313. The van der Waals surface area contributed by atoms with Gasteiger partial charge in [0.25, 0.3) is 0 Å². The van der Waals surface area contributed by atoms with E-state index >= 15 is 0 Å². The highest BCUT2D eigenvalue weighted by atomic mass is 16.5. The lowest BCUT2D eigenvalue weighted by atomic mass is 9.93. The lowest BCUT2D eigenvalue weighted by molar-refractivity contribution is 0.107. The third-order valence-corrected chi connectivity index (χ3v) is 4.39. The van der Waals surface area contributed by atoms with Crippen LogP contribution in [0.15, 0.2) is 5.16 Å². The predicted octanol–water partition coefficient (Wildman–Crippen LogP) is 1.38. The van der Waals surface area contributed by atoms with E-state index in [0.717, 1.165) is 18.9 Å². The molecule has 0 spiro atoms. The van der Waals surface area contributed by atoms with Crippen LogP contribution in [0.2, 0.25) is 0 Å². The summed E-state index contributed by atoms with van der Waals surface area (Å²) in [7, 11) is 0. The molecule has 1 heterocycles. The van der Waals surface area contributed by atoms with Crippen molar-refractivity contribution >= 4 is 5.71 Å². The fourth-order valence-corrected chi connectivity index (χ4v) is 3.56. The Kier molecular flexibility index (Phi) is 2.86. The van der Waals surface area contributed by atoms with Gasteiger partial charge in [-0.3, -0.25) is 0 Å². The second-order valence-corrected chi connectivity index (χ2v) is 5.32. The summed E-state index contributed by atoms with van der Waals surface area (Å²) in [5.41, 5.74) is 0.995. The molecule has 2 bridgehead atoms. The summed E-state index contributed by atoms with van der Waals surface area (Å²) in [5.74, 6) is 1.23. The average Bonchev–Trinajstić information content (AvgIpc) is 3.01. The molecular weight excluding hydrogens is 204 g/mol. The number of rotatable bonds is 3. The van der Waals surface area contributed by atoms with E-state index in [-0.39, 0.29) is 0 Å². The van der Waals surface area contributed by atoms with Crippen molar-refractivity contribution in [1.82, 2.24) is 5.32 Å². The zero-order valence-corrected chi connectivity index (χ0v) is 9.56. The van der Waals surface area contributed by atoms with Gasteiger partial charge in [-0.2, -0.15) is 0 Å². The molecule has 2 saturated carbocycles. The van der Waals surface area contributed by atoms with Gasteiger partial charge in [-0.15, -0.1) is 0 Å². The highest BCUT2D eigenvalue weighted by Gasteiger charge is 2.45. The third kappa shape index (κ3) is 1.74. The lowest BCUT2D eigenvalue weighted by Gasteiger charge is -2.25.